The van der Waals surface area contributed by atoms with Crippen molar-refractivity contribution in [2.75, 3.05) is 13.7 Å². The summed E-state index contributed by atoms with van der Waals surface area (Å²) in [7, 11) is 1.53. The van der Waals surface area contributed by atoms with Gasteiger partial charge in [-0.2, -0.15) is 13.2 Å². The van der Waals surface area contributed by atoms with Gasteiger partial charge < -0.3 is 14.6 Å². The summed E-state index contributed by atoms with van der Waals surface area (Å²) in [6, 6.07) is 13.2. The van der Waals surface area contributed by atoms with E-state index in [1.54, 1.807) is 30.3 Å². The summed E-state index contributed by atoms with van der Waals surface area (Å²) in [5.74, 6) is -1.91. The van der Waals surface area contributed by atoms with Crippen molar-refractivity contribution in [1.29, 1.82) is 0 Å². The van der Waals surface area contributed by atoms with Crippen molar-refractivity contribution in [3.63, 3.8) is 0 Å². The number of nitrogens with zero attached hydrogens (tertiary/aromatic N) is 1. The first-order valence-electron chi connectivity index (χ1n) is 9.48. The number of rotatable bonds is 4. The number of ether oxygens (including phenoxy) is 1. The van der Waals surface area contributed by atoms with Crippen molar-refractivity contribution in [3.8, 4) is 16.9 Å². The van der Waals surface area contributed by atoms with Crippen LogP contribution in [0.15, 0.2) is 48.5 Å². The summed E-state index contributed by atoms with van der Waals surface area (Å²) in [6.45, 7) is -0.0938. The Kier molecular flexibility index (Phi) is 5.01. The average molecular weight is 416 g/mol. The van der Waals surface area contributed by atoms with Crippen LogP contribution in [0.3, 0.4) is 0 Å². The van der Waals surface area contributed by atoms with Gasteiger partial charge in [0.15, 0.2) is 0 Å². The van der Waals surface area contributed by atoms with Gasteiger partial charge in [0.2, 0.25) is 5.78 Å². The number of ketones is 1. The standard InChI is InChI=1S/C22H19F3N2O3/c1-30-14-7-4-6-13(12-14)18-15-8-2-3-9-16(15)26-19(18)20(28)17-10-5-11-27(17)21(29)22(23,24)25/h2-4,6-9,12,17,26H,5,10-11H2,1H3/t17-/m1/s1. The molecule has 2 aromatic carbocycles. The number of likely N-dealkylation sites (tertiary alicyclic amines) is 1. The van der Waals surface area contributed by atoms with E-state index in [2.05, 4.69) is 4.98 Å². The second-order valence-electron chi connectivity index (χ2n) is 7.17. The highest BCUT2D eigenvalue weighted by atomic mass is 19.4. The Balaban J connectivity index is 1.82. The molecule has 30 heavy (non-hydrogen) atoms. The summed E-state index contributed by atoms with van der Waals surface area (Å²) in [4.78, 5) is 28.9. The van der Waals surface area contributed by atoms with Crippen LogP contribution in [0.5, 0.6) is 5.75 Å². The van der Waals surface area contributed by atoms with Crippen LogP contribution in [0.4, 0.5) is 13.2 Å². The molecular weight excluding hydrogens is 397 g/mol. The summed E-state index contributed by atoms with van der Waals surface area (Å²) < 4.78 is 44.3. The number of carbonyl (C=O) groups excluding carboxylic acids is 2. The zero-order chi connectivity index (χ0) is 21.5. The molecule has 4 rings (SSSR count). The van der Waals surface area contributed by atoms with Crippen molar-refractivity contribution in [2.24, 2.45) is 0 Å². The molecule has 1 saturated heterocycles. The van der Waals surface area contributed by atoms with Crippen molar-refractivity contribution in [3.05, 3.63) is 54.2 Å². The smallest absolute Gasteiger partial charge is 0.471 e. The maximum absolute atomic E-state index is 13.4. The van der Waals surface area contributed by atoms with Gasteiger partial charge in [-0.3, -0.25) is 9.59 Å². The maximum atomic E-state index is 13.4. The van der Waals surface area contributed by atoms with Gasteiger partial charge in [-0.25, -0.2) is 0 Å². The maximum Gasteiger partial charge on any atom is 0.471 e. The molecule has 5 nitrogen and oxygen atoms in total. The fourth-order valence-electron chi connectivity index (χ4n) is 4.02. The third-order valence-corrected chi connectivity index (χ3v) is 5.37. The number of methoxy groups -OCH3 is 1. The Hall–Kier alpha value is -3.29. The number of para-hydroxylation sites is 1. The summed E-state index contributed by atoms with van der Waals surface area (Å²) in [5, 5.41) is 0.765. The van der Waals surface area contributed by atoms with Crippen molar-refractivity contribution in [2.45, 2.75) is 25.1 Å². The molecule has 0 radical (unpaired) electrons. The highest BCUT2D eigenvalue weighted by Crippen LogP contribution is 2.36. The molecule has 1 aliphatic heterocycles. The lowest BCUT2D eigenvalue weighted by atomic mass is 9.97. The third-order valence-electron chi connectivity index (χ3n) is 5.37. The number of benzene rings is 2. The second-order valence-corrected chi connectivity index (χ2v) is 7.17. The SMILES string of the molecule is COc1cccc(-c2c(C(=O)[C@H]3CCCN3C(=O)C(F)(F)F)[nH]c3ccccc23)c1. The lowest BCUT2D eigenvalue weighted by Gasteiger charge is -2.24. The van der Waals surface area contributed by atoms with Gasteiger partial charge in [-0.1, -0.05) is 30.3 Å². The number of halogens is 3. The Bertz CT molecular complexity index is 1120. The normalized spacial score (nSPS) is 16.8. The highest BCUT2D eigenvalue weighted by Gasteiger charge is 2.48. The van der Waals surface area contributed by atoms with E-state index >= 15 is 0 Å². The van der Waals surface area contributed by atoms with Crippen molar-refractivity contribution in [1.82, 2.24) is 9.88 Å². The molecule has 3 aromatic rings. The Morgan fingerprint density at radius 3 is 2.63 bits per heavy atom. The van der Waals surface area contributed by atoms with Gasteiger partial charge in [0.1, 0.15) is 5.75 Å². The largest absolute Gasteiger partial charge is 0.497 e. The molecule has 8 heteroatoms. The number of Topliss-reactive ketones (excluding diaryl/α,β-unsaturated/α-hetero) is 1. The minimum Gasteiger partial charge on any atom is -0.497 e. The minimum absolute atomic E-state index is 0.0938. The third kappa shape index (κ3) is 3.42. The van der Waals surface area contributed by atoms with Crippen LogP contribution >= 0.6 is 0 Å². The number of alkyl halides is 3. The number of hydrogen-bond donors (Lipinski definition) is 1. The predicted molar refractivity (Wildman–Crippen MR) is 105 cm³/mol. The molecule has 0 spiro atoms. The molecule has 0 aliphatic carbocycles. The van der Waals surface area contributed by atoms with Crippen LogP contribution in [-0.2, 0) is 4.79 Å². The lowest BCUT2D eigenvalue weighted by Crippen LogP contribution is -2.47. The highest BCUT2D eigenvalue weighted by molar-refractivity contribution is 6.13. The first-order valence-corrected chi connectivity index (χ1v) is 9.48. The van der Waals surface area contributed by atoms with E-state index in [-0.39, 0.29) is 18.7 Å². The molecule has 1 atom stereocenters. The van der Waals surface area contributed by atoms with E-state index in [9.17, 15) is 22.8 Å². The van der Waals surface area contributed by atoms with Crippen LogP contribution in [0, 0.1) is 0 Å². The monoisotopic (exact) mass is 416 g/mol. The van der Waals surface area contributed by atoms with Crippen LogP contribution in [0.1, 0.15) is 23.3 Å². The van der Waals surface area contributed by atoms with E-state index in [1.807, 2.05) is 18.2 Å². The Morgan fingerprint density at radius 2 is 1.90 bits per heavy atom. The van der Waals surface area contributed by atoms with Crippen LogP contribution < -0.4 is 4.74 Å². The topological polar surface area (TPSA) is 62.4 Å². The van der Waals surface area contributed by atoms with E-state index < -0.39 is 23.9 Å². The van der Waals surface area contributed by atoms with Gasteiger partial charge >= 0.3 is 12.1 Å². The van der Waals surface area contributed by atoms with Crippen molar-refractivity contribution >= 4 is 22.6 Å². The number of amides is 1. The van der Waals surface area contributed by atoms with E-state index in [4.69, 9.17) is 4.74 Å². The lowest BCUT2D eigenvalue weighted by molar-refractivity contribution is -0.185. The quantitative estimate of drug-likeness (QED) is 0.634. The fourth-order valence-corrected chi connectivity index (χ4v) is 4.02. The molecular formula is C22H19F3N2O3. The van der Waals surface area contributed by atoms with Crippen LogP contribution in [0.25, 0.3) is 22.0 Å². The summed E-state index contributed by atoms with van der Waals surface area (Å²) in [6.07, 6.45) is -4.49. The van der Waals surface area contributed by atoms with Crippen molar-refractivity contribution < 1.29 is 27.5 Å². The second kappa shape index (κ2) is 7.51. The zero-order valence-electron chi connectivity index (χ0n) is 16.1. The van der Waals surface area contributed by atoms with Crippen LogP contribution in [0.2, 0.25) is 0 Å². The Labute approximate surface area is 170 Å². The molecule has 0 bridgehead atoms. The van der Waals surface area contributed by atoms with Gasteiger partial charge in [0.05, 0.1) is 18.8 Å². The van der Waals surface area contributed by atoms with Gasteiger partial charge in [-0.05, 0) is 36.6 Å². The minimum atomic E-state index is -5.01. The predicted octanol–water partition coefficient (Wildman–Crippen LogP) is 4.58. The fraction of sp³-hybridized carbons (Fsp3) is 0.273. The zero-order valence-corrected chi connectivity index (χ0v) is 16.1. The molecule has 0 saturated carbocycles. The molecule has 1 amide bonds. The molecule has 0 unspecified atom stereocenters. The van der Waals surface area contributed by atoms with Gasteiger partial charge in [-0.15, -0.1) is 0 Å². The number of aromatic nitrogens is 1. The summed E-state index contributed by atoms with van der Waals surface area (Å²) in [5.41, 5.74) is 2.16. The number of hydrogen-bond acceptors (Lipinski definition) is 3. The number of fused-ring (bicyclic) bond motifs is 1. The molecule has 156 valence electrons. The number of carbonyl (C=O) groups is 2. The van der Waals surface area contributed by atoms with E-state index in [0.717, 1.165) is 5.39 Å². The Morgan fingerprint density at radius 1 is 1.13 bits per heavy atom. The van der Waals surface area contributed by atoms with Crippen LogP contribution in [-0.4, -0.2) is 47.4 Å². The molecule has 1 aromatic heterocycles. The molecule has 1 N–H and O–H groups in total. The summed E-state index contributed by atoms with van der Waals surface area (Å²) >= 11 is 0. The van der Waals surface area contributed by atoms with Gasteiger partial charge in [0, 0.05) is 23.0 Å². The first kappa shape index (κ1) is 20.0. The number of aromatic amines is 1. The molecule has 1 fully saturated rings. The molecule has 2 heterocycles. The van der Waals surface area contributed by atoms with Gasteiger partial charge in [0.25, 0.3) is 0 Å². The number of H-pyrrole nitrogens is 1. The average Bonchev–Trinajstić information content (AvgIpc) is 3.37. The number of nitrogens with one attached hydrogen (secondary N) is 1. The van der Waals surface area contributed by atoms with E-state index in [0.29, 0.717) is 33.7 Å². The first-order chi connectivity index (χ1) is 14.3. The molecule has 1 aliphatic rings. The van der Waals surface area contributed by atoms with E-state index in [1.165, 1.54) is 7.11 Å².